The van der Waals surface area contributed by atoms with Crippen LogP contribution in [0.5, 0.6) is 0 Å². The molecule has 7 heteroatoms. The van der Waals surface area contributed by atoms with E-state index < -0.39 is 0 Å². The molecule has 1 unspecified atom stereocenters. The normalized spacial score (nSPS) is 16.9. The molecule has 0 bridgehead atoms. The molecular formula is C20H23N5O2. The van der Waals surface area contributed by atoms with Crippen molar-refractivity contribution < 1.29 is 4.74 Å². The quantitative estimate of drug-likeness (QED) is 0.701. The van der Waals surface area contributed by atoms with Crippen molar-refractivity contribution in [1.29, 1.82) is 0 Å². The van der Waals surface area contributed by atoms with Gasteiger partial charge in [0.2, 0.25) is 0 Å². The van der Waals surface area contributed by atoms with Crippen molar-refractivity contribution >= 4 is 0 Å². The second-order valence-corrected chi connectivity index (χ2v) is 6.98. The summed E-state index contributed by atoms with van der Waals surface area (Å²) in [7, 11) is 2.06. The molecule has 3 heterocycles. The van der Waals surface area contributed by atoms with E-state index in [1.165, 1.54) is 0 Å². The topological polar surface area (TPSA) is 86.9 Å². The first-order valence-electron chi connectivity index (χ1n) is 9.16. The molecule has 1 aromatic carbocycles. The summed E-state index contributed by atoms with van der Waals surface area (Å²) in [5, 5.41) is 6.96. The van der Waals surface area contributed by atoms with E-state index >= 15 is 0 Å². The van der Waals surface area contributed by atoms with Crippen LogP contribution in [0.1, 0.15) is 35.9 Å². The van der Waals surface area contributed by atoms with E-state index in [4.69, 9.17) is 4.74 Å². The number of aromatic amines is 2. The minimum Gasteiger partial charge on any atom is -0.372 e. The van der Waals surface area contributed by atoms with Crippen molar-refractivity contribution in [2.24, 2.45) is 0 Å². The lowest BCUT2D eigenvalue weighted by molar-refractivity contribution is 0.108. The van der Waals surface area contributed by atoms with Gasteiger partial charge in [-0.3, -0.25) is 14.8 Å². The molecule has 2 N–H and O–H groups in total. The first kappa shape index (κ1) is 17.6. The number of hydrogen-bond acceptors (Lipinski definition) is 5. The smallest absolute Gasteiger partial charge is 0.251 e. The van der Waals surface area contributed by atoms with E-state index in [2.05, 4.69) is 44.2 Å². The molecule has 0 amide bonds. The molecule has 1 fully saturated rings. The average molecular weight is 365 g/mol. The molecular weight excluding hydrogens is 342 g/mol. The summed E-state index contributed by atoms with van der Waals surface area (Å²) in [6.07, 6.45) is 3.60. The van der Waals surface area contributed by atoms with Gasteiger partial charge in [-0.25, -0.2) is 4.98 Å². The predicted molar refractivity (Wildman–Crippen MR) is 102 cm³/mol. The van der Waals surface area contributed by atoms with Crippen LogP contribution in [0.25, 0.3) is 11.4 Å². The van der Waals surface area contributed by atoms with Crippen LogP contribution in [-0.4, -0.2) is 38.7 Å². The first-order chi connectivity index (χ1) is 13.2. The van der Waals surface area contributed by atoms with Crippen LogP contribution in [0, 0.1) is 0 Å². The monoisotopic (exact) mass is 365 g/mol. The van der Waals surface area contributed by atoms with E-state index in [0.29, 0.717) is 11.5 Å². The van der Waals surface area contributed by atoms with Crippen molar-refractivity contribution in [2.45, 2.75) is 32.0 Å². The van der Waals surface area contributed by atoms with Crippen LogP contribution in [0.4, 0.5) is 0 Å². The van der Waals surface area contributed by atoms with Crippen LogP contribution in [-0.2, 0) is 17.8 Å². The van der Waals surface area contributed by atoms with Gasteiger partial charge in [0, 0.05) is 43.2 Å². The molecule has 2 aromatic heterocycles. The molecule has 1 aliphatic heterocycles. The Bertz CT molecular complexity index is 945. The highest BCUT2D eigenvalue weighted by Crippen LogP contribution is 2.27. The average Bonchev–Trinajstić information content (AvgIpc) is 3.35. The number of nitrogens with one attached hydrogen (secondary N) is 2. The van der Waals surface area contributed by atoms with Crippen LogP contribution in [0.2, 0.25) is 0 Å². The fourth-order valence-electron chi connectivity index (χ4n) is 3.44. The highest BCUT2D eigenvalue weighted by atomic mass is 16.5. The molecule has 0 spiro atoms. The standard InChI is InChI=1S/C20H23N5O2/c1-25(13-16-7-8-21-24-16)12-14-4-2-5-15(10-14)20-22-17(11-19(26)23-20)18-6-3-9-27-18/h2,4-5,7-8,10-11,18H,3,6,9,12-13H2,1H3,(H,21,24)(H,22,23,26). The number of ether oxygens (including phenoxy) is 1. The molecule has 7 nitrogen and oxygen atoms in total. The second kappa shape index (κ2) is 7.85. The minimum atomic E-state index is -0.146. The molecule has 140 valence electrons. The zero-order valence-corrected chi connectivity index (χ0v) is 15.3. The van der Waals surface area contributed by atoms with Crippen molar-refractivity contribution in [1.82, 2.24) is 25.1 Å². The van der Waals surface area contributed by atoms with Gasteiger partial charge in [-0.1, -0.05) is 18.2 Å². The van der Waals surface area contributed by atoms with Gasteiger partial charge >= 0.3 is 0 Å². The molecule has 4 rings (SSSR count). The maximum absolute atomic E-state index is 12.1. The third-order valence-electron chi connectivity index (χ3n) is 4.67. The van der Waals surface area contributed by atoms with Crippen LogP contribution in [0.15, 0.2) is 47.4 Å². The molecule has 0 aliphatic carbocycles. The molecule has 1 aliphatic rings. The second-order valence-electron chi connectivity index (χ2n) is 6.98. The van der Waals surface area contributed by atoms with Crippen molar-refractivity contribution in [3.63, 3.8) is 0 Å². The lowest BCUT2D eigenvalue weighted by Gasteiger charge is -2.16. The SMILES string of the molecule is CN(Cc1cccc(-c2nc(C3CCCO3)cc(=O)[nH]2)c1)Cc1ccn[nH]1. The number of hydrogen-bond donors (Lipinski definition) is 2. The summed E-state index contributed by atoms with van der Waals surface area (Å²) in [5.74, 6) is 0.589. The van der Waals surface area contributed by atoms with E-state index in [1.54, 1.807) is 12.3 Å². The molecule has 3 aromatic rings. The Morgan fingerprint density at radius 2 is 2.19 bits per heavy atom. The third kappa shape index (κ3) is 4.32. The van der Waals surface area contributed by atoms with Gasteiger partial charge in [-0.15, -0.1) is 0 Å². The number of nitrogens with zero attached hydrogens (tertiary/aromatic N) is 3. The molecule has 1 atom stereocenters. The lowest BCUT2D eigenvalue weighted by Crippen LogP contribution is -2.17. The third-order valence-corrected chi connectivity index (χ3v) is 4.67. The zero-order chi connectivity index (χ0) is 18.6. The minimum absolute atomic E-state index is 0.0743. The summed E-state index contributed by atoms with van der Waals surface area (Å²) in [5.41, 5.74) is 3.70. The Hall–Kier alpha value is -2.77. The van der Waals surface area contributed by atoms with E-state index in [-0.39, 0.29) is 11.7 Å². The Morgan fingerprint density at radius 1 is 1.26 bits per heavy atom. The number of benzene rings is 1. The van der Waals surface area contributed by atoms with Crippen LogP contribution in [0.3, 0.4) is 0 Å². The molecule has 0 saturated carbocycles. The van der Waals surface area contributed by atoms with Gasteiger partial charge < -0.3 is 9.72 Å². The Morgan fingerprint density at radius 3 is 2.96 bits per heavy atom. The summed E-state index contributed by atoms with van der Waals surface area (Å²) in [6.45, 7) is 2.29. The van der Waals surface area contributed by atoms with Crippen LogP contribution < -0.4 is 5.56 Å². The van der Waals surface area contributed by atoms with Gasteiger partial charge in [0.15, 0.2) is 0 Å². The summed E-state index contributed by atoms with van der Waals surface area (Å²) in [6, 6.07) is 11.6. The van der Waals surface area contributed by atoms with Gasteiger partial charge in [0.25, 0.3) is 5.56 Å². The van der Waals surface area contributed by atoms with Gasteiger partial charge in [-0.2, -0.15) is 5.10 Å². The summed E-state index contributed by atoms with van der Waals surface area (Å²) in [4.78, 5) is 21.8. The van der Waals surface area contributed by atoms with Gasteiger partial charge in [0.05, 0.1) is 11.8 Å². The van der Waals surface area contributed by atoms with Gasteiger partial charge in [-0.05, 0) is 37.6 Å². The summed E-state index contributed by atoms with van der Waals surface area (Å²) < 4.78 is 5.68. The van der Waals surface area contributed by atoms with Crippen molar-refractivity contribution in [3.05, 3.63) is 69.9 Å². The highest BCUT2D eigenvalue weighted by molar-refractivity contribution is 5.56. The number of H-pyrrole nitrogens is 2. The molecule has 0 radical (unpaired) electrons. The molecule has 27 heavy (non-hydrogen) atoms. The van der Waals surface area contributed by atoms with Gasteiger partial charge in [0.1, 0.15) is 5.82 Å². The fraction of sp³-hybridized carbons (Fsp3) is 0.350. The highest BCUT2D eigenvalue weighted by Gasteiger charge is 2.20. The van der Waals surface area contributed by atoms with E-state index in [0.717, 1.165) is 49.4 Å². The Balaban J connectivity index is 1.54. The van der Waals surface area contributed by atoms with Crippen molar-refractivity contribution in [2.75, 3.05) is 13.7 Å². The van der Waals surface area contributed by atoms with Crippen molar-refractivity contribution in [3.8, 4) is 11.4 Å². The van der Waals surface area contributed by atoms with E-state index in [1.807, 2.05) is 18.2 Å². The summed E-state index contributed by atoms with van der Waals surface area (Å²) >= 11 is 0. The zero-order valence-electron chi connectivity index (χ0n) is 15.3. The number of rotatable bonds is 6. The maximum Gasteiger partial charge on any atom is 0.251 e. The predicted octanol–water partition coefficient (Wildman–Crippen LogP) is 2.64. The Labute approximate surface area is 157 Å². The van der Waals surface area contributed by atoms with E-state index in [9.17, 15) is 4.79 Å². The fourth-order valence-corrected chi connectivity index (χ4v) is 3.44. The number of aromatic nitrogens is 4. The Kier molecular flexibility index (Phi) is 5.13. The largest absolute Gasteiger partial charge is 0.372 e. The van der Waals surface area contributed by atoms with Crippen LogP contribution >= 0.6 is 0 Å². The lowest BCUT2D eigenvalue weighted by atomic mass is 10.1. The maximum atomic E-state index is 12.1. The first-order valence-corrected chi connectivity index (χ1v) is 9.16. The molecule has 1 saturated heterocycles.